The van der Waals surface area contributed by atoms with Crippen LogP contribution < -0.4 is 15.4 Å². The third kappa shape index (κ3) is 25.4. The highest BCUT2D eigenvalue weighted by molar-refractivity contribution is 9.10. The number of rotatable bonds is 17. The molecule has 0 radical (unpaired) electrons. The van der Waals surface area contributed by atoms with Crippen molar-refractivity contribution in [3.63, 3.8) is 0 Å². The van der Waals surface area contributed by atoms with Gasteiger partial charge in [0.1, 0.15) is 22.4 Å². The fourth-order valence-electron chi connectivity index (χ4n) is 4.69. The molecule has 1 aromatic carbocycles. The fourth-order valence-corrected chi connectivity index (χ4v) is 6.03. The summed E-state index contributed by atoms with van der Waals surface area (Å²) in [6.07, 6.45) is 0.673. The van der Waals surface area contributed by atoms with E-state index in [0.29, 0.717) is 64.7 Å². The summed E-state index contributed by atoms with van der Waals surface area (Å²) in [7, 11) is -3.66. The summed E-state index contributed by atoms with van der Waals surface area (Å²) in [5, 5.41) is 4.91. The predicted molar refractivity (Wildman–Crippen MR) is 224 cm³/mol. The Morgan fingerprint density at radius 3 is 1.35 bits per heavy atom. The minimum Gasteiger partial charge on any atom is -0.444 e. The largest absolute Gasteiger partial charge is 0.444 e. The summed E-state index contributed by atoms with van der Waals surface area (Å²) in [6.45, 7) is 22.9. The van der Waals surface area contributed by atoms with E-state index in [1.165, 1.54) is 12.1 Å². The predicted octanol–water partition coefficient (Wildman–Crippen LogP) is 7.95. The molecular weight excluding hydrogens is 824 g/mol. The fraction of sp³-hybridized carbons (Fsp3) is 0.718. The summed E-state index contributed by atoms with van der Waals surface area (Å²) in [4.78, 5) is 58.9. The first-order chi connectivity index (χ1) is 26.1. The summed E-state index contributed by atoms with van der Waals surface area (Å²) in [5.74, 6) is -0.126. The normalized spacial score (nSPS) is 12.2. The number of carbonyl (C=O) groups is 4. The zero-order valence-electron chi connectivity index (χ0n) is 36.0. The molecular formula is C39H67BrN6O10S. The van der Waals surface area contributed by atoms with Gasteiger partial charge in [-0.25, -0.2) is 32.3 Å². The molecule has 3 N–H and O–H groups in total. The number of aliphatic imine (C=N–C) groups is 1. The van der Waals surface area contributed by atoms with Gasteiger partial charge in [0.05, 0.1) is 4.90 Å². The number of nitrogens with zero attached hydrogens (tertiary/aromatic N) is 3. The molecule has 18 heteroatoms. The molecule has 0 bridgehead atoms. The van der Waals surface area contributed by atoms with Crippen molar-refractivity contribution in [2.75, 3.05) is 39.3 Å². The van der Waals surface area contributed by atoms with Crippen LogP contribution in [0.4, 0.5) is 19.2 Å². The van der Waals surface area contributed by atoms with Crippen LogP contribution in [0.5, 0.6) is 0 Å². The van der Waals surface area contributed by atoms with Crippen molar-refractivity contribution in [2.24, 2.45) is 4.99 Å². The average molecular weight is 892 g/mol. The molecule has 4 amide bonds. The number of nitrogens with one attached hydrogen (secondary N) is 3. The lowest BCUT2D eigenvalue weighted by Gasteiger charge is -2.29. The van der Waals surface area contributed by atoms with Crippen LogP contribution in [0.3, 0.4) is 0 Å². The van der Waals surface area contributed by atoms with Crippen molar-refractivity contribution in [1.82, 2.24) is 25.2 Å². The van der Waals surface area contributed by atoms with Gasteiger partial charge in [0.25, 0.3) is 0 Å². The van der Waals surface area contributed by atoms with Crippen LogP contribution in [0.15, 0.2) is 38.6 Å². The lowest BCUT2D eigenvalue weighted by Crippen LogP contribution is -2.47. The molecule has 0 atom stereocenters. The molecule has 0 aromatic heterocycles. The smallest absolute Gasteiger partial charge is 0.414 e. The van der Waals surface area contributed by atoms with Crippen molar-refractivity contribution in [3.05, 3.63) is 28.7 Å². The third-order valence-corrected chi connectivity index (χ3v) is 9.03. The minimum absolute atomic E-state index is 0.126. The molecule has 0 aliphatic heterocycles. The van der Waals surface area contributed by atoms with Gasteiger partial charge >= 0.3 is 24.4 Å². The number of sulfonamides is 1. The highest BCUT2D eigenvalue weighted by Crippen LogP contribution is 2.16. The number of guanidine groups is 1. The minimum atomic E-state index is -3.66. The number of carbonyl (C=O) groups excluding carboxylic acids is 4. The van der Waals surface area contributed by atoms with E-state index in [9.17, 15) is 27.6 Å². The Balaban J connectivity index is 2.86. The maximum atomic E-state index is 13.2. The molecule has 0 fully saturated rings. The van der Waals surface area contributed by atoms with E-state index >= 15 is 0 Å². The van der Waals surface area contributed by atoms with Gasteiger partial charge in [-0.15, -0.1) is 0 Å². The SMILES string of the molecule is CC(C)(C)OC(=O)NC(=NCCCCN(CCCCN(CCCCNS(=O)(=O)c1ccc(Br)cc1)C(=O)OC(C)(C)C)C(=O)OC(C)(C)C)NC(=O)OC(C)(C)C. The summed E-state index contributed by atoms with van der Waals surface area (Å²) in [5.41, 5.74) is -2.96. The van der Waals surface area contributed by atoms with Crippen molar-refractivity contribution in [3.8, 4) is 0 Å². The van der Waals surface area contributed by atoms with Crippen LogP contribution in [0.1, 0.15) is 122 Å². The lowest BCUT2D eigenvalue weighted by molar-refractivity contribution is 0.0207. The molecule has 0 aliphatic rings. The maximum absolute atomic E-state index is 13.2. The van der Waals surface area contributed by atoms with Crippen molar-refractivity contribution < 1.29 is 46.5 Å². The van der Waals surface area contributed by atoms with Gasteiger partial charge in [-0.1, -0.05) is 15.9 Å². The van der Waals surface area contributed by atoms with Crippen LogP contribution in [-0.4, -0.2) is 110 Å². The van der Waals surface area contributed by atoms with Gasteiger partial charge in [-0.05, 0) is 146 Å². The molecule has 0 saturated heterocycles. The third-order valence-electron chi connectivity index (χ3n) is 7.03. The maximum Gasteiger partial charge on any atom is 0.414 e. The molecule has 1 rings (SSSR count). The second kappa shape index (κ2) is 23.1. The lowest BCUT2D eigenvalue weighted by atomic mass is 10.2. The van der Waals surface area contributed by atoms with E-state index in [0.717, 1.165) is 4.47 Å². The average Bonchev–Trinajstić information content (AvgIpc) is 3.00. The Hall–Kier alpha value is -3.64. The first kappa shape index (κ1) is 51.4. The number of ether oxygens (including phenoxy) is 4. The van der Waals surface area contributed by atoms with Crippen LogP contribution >= 0.6 is 15.9 Å². The number of alkyl carbamates (subject to hydrolysis) is 2. The molecule has 0 heterocycles. The first-order valence-corrected chi connectivity index (χ1v) is 21.6. The van der Waals surface area contributed by atoms with Crippen molar-refractivity contribution >= 4 is 56.3 Å². The molecule has 326 valence electrons. The van der Waals surface area contributed by atoms with E-state index in [2.05, 4.69) is 36.3 Å². The summed E-state index contributed by atoms with van der Waals surface area (Å²) in [6, 6.07) is 6.37. The molecule has 57 heavy (non-hydrogen) atoms. The Bertz CT molecular complexity index is 1550. The number of unbranched alkanes of at least 4 members (excludes halogenated alkanes) is 3. The highest BCUT2D eigenvalue weighted by Gasteiger charge is 2.25. The van der Waals surface area contributed by atoms with Gasteiger partial charge in [0.2, 0.25) is 16.0 Å². The van der Waals surface area contributed by atoms with Crippen LogP contribution in [0.25, 0.3) is 0 Å². The van der Waals surface area contributed by atoms with Crippen LogP contribution in [0, 0.1) is 0 Å². The summed E-state index contributed by atoms with van der Waals surface area (Å²) >= 11 is 3.31. The molecule has 0 aliphatic carbocycles. The van der Waals surface area contributed by atoms with Crippen LogP contribution in [0.2, 0.25) is 0 Å². The molecule has 0 unspecified atom stereocenters. The van der Waals surface area contributed by atoms with E-state index in [4.69, 9.17) is 18.9 Å². The number of amides is 4. The second-order valence-corrected chi connectivity index (χ2v) is 20.1. The Morgan fingerprint density at radius 2 is 0.965 bits per heavy atom. The van der Waals surface area contributed by atoms with Gasteiger partial charge < -0.3 is 28.7 Å². The van der Waals surface area contributed by atoms with Crippen molar-refractivity contribution in [1.29, 1.82) is 0 Å². The number of hydrogen-bond acceptors (Lipinski definition) is 11. The Labute approximate surface area is 348 Å². The van der Waals surface area contributed by atoms with Gasteiger partial charge in [0.15, 0.2) is 0 Å². The van der Waals surface area contributed by atoms with E-state index in [1.807, 2.05) is 0 Å². The number of benzene rings is 1. The van der Waals surface area contributed by atoms with Gasteiger partial charge in [0, 0.05) is 43.7 Å². The second-order valence-electron chi connectivity index (χ2n) is 17.4. The number of halogens is 1. The molecule has 0 saturated carbocycles. The standard InChI is InChI=1S/C39H67BrN6O10S/c1-36(2,3)53-32(47)43-31(44-33(48)54-37(4,5)6)41-23-13-15-25-45(34(49)55-38(7,8)9)27-17-18-28-46(35(50)56-39(10,11)12)26-16-14-24-42-57(51,52)30-21-19-29(40)20-22-30/h19-22,42H,13-18,23-28H2,1-12H3,(H2,41,43,44,47,48). The van der Waals surface area contributed by atoms with Gasteiger partial charge in [-0.3, -0.25) is 15.6 Å². The van der Waals surface area contributed by atoms with E-state index < -0.39 is 56.8 Å². The van der Waals surface area contributed by atoms with Crippen LogP contribution in [-0.2, 0) is 29.0 Å². The first-order valence-electron chi connectivity index (χ1n) is 19.3. The van der Waals surface area contributed by atoms with Gasteiger partial charge in [-0.2, -0.15) is 0 Å². The Morgan fingerprint density at radius 1 is 0.596 bits per heavy atom. The topological polar surface area (TPSA) is 194 Å². The Kier molecular flexibility index (Phi) is 20.8. The van der Waals surface area contributed by atoms with E-state index in [-0.39, 0.29) is 23.9 Å². The highest BCUT2D eigenvalue weighted by atomic mass is 79.9. The summed E-state index contributed by atoms with van der Waals surface area (Å²) < 4.78 is 50.6. The molecule has 16 nitrogen and oxygen atoms in total. The molecule has 0 spiro atoms. The zero-order chi connectivity index (χ0) is 43.7. The van der Waals surface area contributed by atoms with E-state index in [1.54, 1.807) is 105 Å². The monoisotopic (exact) mass is 890 g/mol. The zero-order valence-corrected chi connectivity index (χ0v) is 38.4. The number of hydrogen-bond donors (Lipinski definition) is 3. The van der Waals surface area contributed by atoms with Crippen molar-refractivity contribution in [2.45, 2.75) is 149 Å². The molecule has 1 aromatic rings. The quantitative estimate of drug-likeness (QED) is 0.0598.